The Bertz CT molecular complexity index is 332. The van der Waals surface area contributed by atoms with Gasteiger partial charge in [0.2, 0.25) is 0 Å². The molecule has 0 aromatic heterocycles. The molecule has 0 aliphatic heterocycles. The van der Waals surface area contributed by atoms with Crippen LogP contribution in [0.4, 0.5) is 0 Å². The van der Waals surface area contributed by atoms with Crippen LogP contribution in [0.3, 0.4) is 0 Å². The molecule has 0 radical (unpaired) electrons. The minimum Gasteiger partial charge on any atom is -0.492 e. The second-order valence-electron chi connectivity index (χ2n) is 4.33. The van der Waals surface area contributed by atoms with Crippen molar-refractivity contribution in [1.29, 1.82) is 0 Å². The zero-order chi connectivity index (χ0) is 12.7. The maximum atomic E-state index is 5.83. The lowest BCUT2D eigenvalue weighted by Crippen LogP contribution is -2.28. The van der Waals surface area contributed by atoms with Crippen molar-refractivity contribution in [2.24, 2.45) is 0 Å². The van der Waals surface area contributed by atoms with Gasteiger partial charge < -0.3 is 9.64 Å². The van der Waals surface area contributed by atoms with Crippen LogP contribution in [0.1, 0.15) is 31.9 Å². The molecule has 1 rings (SSSR count). The molecule has 1 aromatic rings. The third-order valence-electron chi connectivity index (χ3n) is 3.21. The first kappa shape index (κ1) is 14.0. The van der Waals surface area contributed by atoms with E-state index in [9.17, 15) is 0 Å². The third-order valence-corrected chi connectivity index (χ3v) is 3.21. The number of benzene rings is 1. The van der Waals surface area contributed by atoms with Crippen LogP contribution in [0.15, 0.2) is 18.2 Å². The first-order valence-electron chi connectivity index (χ1n) is 6.65. The Labute approximate surface area is 106 Å². The number of hydrogen-bond acceptors (Lipinski definition) is 2. The number of ether oxygens (including phenoxy) is 1. The van der Waals surface area contributed by atoms with Crippen LogP contribution >= 0.6 is 0 Å². The molecular formula is C15H25NO. The summed E-state index contributed by atoms with van der Waals surface area (Å²) in [5.41, 5.74) is 2.61. The molecule has 17 heavy (non-hydrogen) atoms. The van der Waals surface area contributed by atoms with Gasteiger partial charge in [-0.3, -0.25) is 0 Å². The average molecular weight is 235 g/mol. The molecule has 0 aliphatic rings. The largest absolute Gasteiger partial charge is 0.492 e. The highest BCUT2D eigenvalue weighted by Crippen LogP contribution is 2.19. The second kappa shape index (κ2) is 7.33. The van der Waals surface area contributed by atoms with Gasteiger partial charge in [0.05, 0.1) is 0 Å². The fourth-order valence-electron chi connectivity index (χ4n) is 1.92. The number of rotatable bonds is 7. The molecule has 0 unspecified atom stereocenters. The van der Waals surface area contributed by atoms with E-state index in [1.807, 2.05) is 0 Å². The van der Waals surface area contributed by atoms with Crippen molar-refractivity contribution >= 4 is 0 Å². The predicted molar refractivity (Wildman–Crippen MR) is 73.8 cm³/mol. The number of nitrogens with zero attached hydrogens (tertiary/aromatic N) is 1. The lowest BCUT2D eigenvalue weighted by molar-refractivity contribution is 0.222. The Morgan fingerprint density at radius 2 is 1.82 bits per heavy atom. The zero-order valence-corrected chi connectivity index (χ0v) is 11.6. The van der Waals surface area contributed by atoms with Gasteiger partial charge >= 0.3 is 0 Å². The van der Waals surface area contributed by atoms with Crippen molar-refractivity contribution in [2.75, 3.05) is 26.2 Å². The fraction of sp³-hybridized carbons (Fsp3) is 0.600. The molecule has 96 valence electrons. The van der Waals surface area contributed by atoms with Crippen molar-refractivity contribution in [3.8, 4) is 5.75 Å². The molecule has 0 saturated carbocycles. The second-order valence-corrected chi connectivity index (χ2v) is 4.33. The van der Waals surface area contributed by atoms with E-state index < -0.39 is 0 Å². The SMILES string of the molecule is CCc1ccc(OCCN(CC)CC)c(C)c1. The third kappa shape index (κ3) is 4.39. The fourth-order valence-corrected chi connectivity index (χ4v) is 1.92. The molecule has 0 amide bonds. The van der Waals surface area contributed by atoms with Crippen LogP contribution in [-0.2, 0) is 6.42 Å². The highest BCUT2D eigenvalue weighted by atomic mass is 16.5. The number of aryl methyl sites for hydroxylation is 2. The van der Waals surface area contributed by atoms with Crippen LogP contribution in [-0.4, -0.2) is 31.1 Å². The molecule has 1 aromatic carbocycles. The van der Waals surface area contributed by atoms with Crippen molar-refractivity contribution < 1.29 is 4.74 Å². The molecule has 0 spiro atoms. The Kier molecular flexibility index (Phi) is 6.06. The summed E-state index contributed by atoms with van der Waals surface area (Å²) < 4.78 is 5.83. The van der Waals surface area contributed by atoms with Gasteiger partial charge in [0.15, 0.2) is 0 Å². The Hall–Kier alpha value is -1.02. The molecule has 2 nitrogen and oxygen atoms in total. The molecule has 2 heteroatoms. The van der Waals surface area contributed by atoms with E-state index in [0.717, 1.165) is 38.4 Å². The smallest absolute Gasteiger partial charge is 0.122 e. The van der Waals surface area contributed by atoms with E-state index in [2.05, 4.69) is 50.8 Å². The van der Waals surface area contributed by atoms with Crippen LogP contribution in [0.5, 0.6) is 5.75 Å². The van der Waals surface area contributed by atoms with Gasteiger partial charge in [0.1, 0.15) is 12.4 Å². The maximum absolute atomic E-state index is 5.83. The molecule has 0 atom stereocenters. The summed E-state index contributed by atoms with van der Waals surface area (Å²) in [6.07, 6.45) is 1.08. The van der Waals surface area contributed by atoms with Gasteiger partial charge in [0, 0.05) is 6.54 Å². The Morgan fingerprint density at radius 1 is 1.12 bits per heavy atom. The molecule has 0 saturated heterocycles. The normalized spacial score (nSPS) is 10.9. The first-order valence-corrected chi connectivity index (χ1v) is 6.65. The van der Waals surface area contributed by atoms with Crippen LogP contribution < -0.4 is 4.74 Å². The summed E-state index contributed by atoms with van der Waals surface area (Å²) >= 11 is 0. The van der Waals surface area contributed by atoms with Crippen LogP contribution in [0, 0.1) is 6.92 Å². The molecule has 0 N–H and O–H groups in total. The van der Waals surface area contributed by atoms with E-state index >= 15 is 0 Å². The van der Waals surface area contributed by atoms with Gasteiger partial charge in [0.25, 0.3) is 0 Å². The minimum absolute atomic E-state index is 0.772. The molecular weight excluding hydrogens is 210 g/mol. The van der Waals surface area contributed by atoms with Crippen LogP contribution in [0.2, 0.25) is 0 Å². The lowest BCUT2D eigenvalue weighted by atomic mass is 10.1. The molecule has 0 fully saturated rings. The summed E-state index contributed by atoms with van der Waals surface area (Å²) in [5.74, 6) is 1.02. The van der Waals surface area contributed by atoms with E-state index in [0.29, 0.717) is 0 Å². The summed E-state index contributed by atoms with van der Waals surface area (Å²) in [6.45, 7) is 12.6. The monoisotopic (exact) mass is 235 g/mol. The van der Waals surface area contributed by atoms with Gasteiger partial charge in [-0.2, -0.15) is 0 Å². The first-order chi connectivity index (χ1) is 8.21. The van der Waals surface area contributed by atoms with Crippen molar-refractivity contribution in [3.05, 3.63) is 29.3 Å². The maximum Gasteiger partial charge on any atom is 0.122 e. The van der Waals surface area contributed by atoms with Crippen molar-refractivity contribution in [3.63, 3.8) is 0 Å². The highest BCUT2D eigenvalue weighted by molar-refractivity contribution is 5.36. The van der Waals surface area contributed by atoms with Gasteiger partial charge in [-0.15, -0.1) is 0 Å². The lowest BCUT2D eigenvalue weighted by Gasteiger charge is -2.18. The summed E-state index contributed by atoms with van der Waals surface area (Å²) in [6, 6.07) is 6.46. The molecule has 0 bridgehead atoms. The average Bonchev–Trinajstić information content (AvgIpc) is 2.36. The van der Waals surface area contributed by atoms with Crippen LogP contribution in [0.25, 0.3) is 0 Å². The van der Waals surface area contributed by atoms with E-state index in [-0.39, 0.29) is 0 Å². The molecule has 0 heterocycles. The number of likely N-dealkylation sites (N-methyl/N-ethyl adjacent to an activating group) is 1. The van der Waals surface area contributed by atoms with Gasteiger partial charge in [-0.25, -0.2) is 0 Å². The summed E-state index contributed by atoms with van der Waals surface area (Å²) in [7, 11) is 0. The predicted octanol–water partition coefficient (Wildman–Crippen LogP) is 3.28. The highest BCUT2D eigenvalue weighted by Gasteiger charge is 2.02. The Balaban J connectivity index is 2.46. The van der Waals surface area contributed by atoms with Crippen molar-refractivity contribution in [2.45, 2.75) is 34.1 Å². The quantitative estimate of drug-likeness (QED) is 0.719. The van der Waals surface area contributed by atoms with Gasteiger partial charge in [-0.1, -0.05) is 32.9 Å². The summed E-state index contributed by atoms with van der Waals surface area (Å²) in [5, 5.41) is 0. The van der Waals surface area contributed by atoms with E-state index in [4.69, 9.17) is 4.74 Å². The zero-order valence-electron chi connectivity index (χ0n) is 11.6. The standard InChI is InChI=1S/C15H25NO/c1-5-14-8-9-15(13(4)12-14)17-11-10-16(6-2)7-3/h8-9,12H,5-7,10-11H2,1-4H3. The summed E-state index contributed by atoms with van der Waals surface area (Å²) in [4.78, 5) is 2.37. The Morgan fingerprint density at radius 3 is 2.35 bits per heavy atom. The van der Waals surface area contributed by atoms with Gasteiger partial charge in [-0.05, 0) is 43.6 Å². The number of hydrogen-bond donors (Lipinski definition) is 0. The van der Waals surface area contributed by atoms with E-state index in [1.54, 1.807) is 0 Å². The van der Waals surface area contributed by atoms with Crippen molar-refractivity contribution in [1.82, 2.24) is 4.90 Å². The topological polar surface area (TPSA) is 12.5 Å². The van der Waals surface area contributed by atoms with E-state index in [1.165, 1.54) is 11.1 Å². The minimum atomic E-state index is 0.772. The molecule has 0 aliphatic carbocycles.